The maximum Gasteiger partial charge on any atom is 0.422 e. The fourth-order valence-electron chi connectivity index (χ4n) is 1.42. The smallest absolute Gasteiger partial charge is 0.422 e. The van der Waals surface area contributed by atoms with E-state index >= 15 is 0 Å². The van der Waals surface area contributed by atoms with Crippen LogP contribution in [-0.2, 0) is 11.3 Å². The summed E-state index contributed by atoms with van der Waals surface area (Å²) in [4.78, 5) is 11.3. The highest BCUT2D eigenvalue weighted by Crippen LogP contribution is 2.18. The third-order valence-electron chi connectivity index (χ3n) is 2.42. The van der Waals surface area contributed by atoms with E-state index in [0.717, 1.165) is 5.56 Å². The number of nitrogens with one attached hydrogen (secondary N) is 1. The van der Waals surface area contributed by atoms with Gasteiger partial charge in [0.1, 0.15) is 5.75 Å². The number of carbonyl (C=O) groups is 1. The number of benzene rings is 1. The zero-order valence-corrected chi connectivity index (χ0v) is 10.9. The number of carbonyl (C=O) groups excluding carboxylic acids is 1. The van der Waals surface area contributed by atoms with Crippen molar-refractivity contribution in [3.05, 3.63) is 29.8 Å². The summed E-state index contributed by atoms with van der Waals surface area (Å²) in [5, 5.41) is 2.69. The predicted molar refractivity (Wildman–Crippen MR) is 68.1 cm³/mol. The van der Waals surface area contributed by atoms with Gasteiger partial charge in [-0.3, -0.25) is 4.79 Å². The Morgan fingerprint density at radius 1 is 1.25 bits per heavy atom. The minimum Gasteiger partial charge on any atom is -0.484 e. The summed E-state index contributed by atoms with van der Waals surface area (Å²) in [6.07, 6.45) is -3.37. The summed E-state index contributed by atoms with van der Waals surface area (Å²) in [7, 11) is 0. The molecule has 0 aliphatic carbocycles. The Kier molecular flexibility index (Phi) is 6.30. The van der Waals surface area contributed by atoms with Crippen LogP contribution < -0.4 is 15.8 Å². The molecule has 3 N–H and O–H groups in total. The van der Waals surface area contributed by atoms with E-state index in [-0.39, 0.29) is 11.7 Å². The van der Waals surface area contributed by atoms with Gasteiger partial charge >= 0.3 is 6.18 Å². The Hall–Kier alpha value is -1.76. The number of alkyl halides is 3. The molecule has 1 rings (SSSR count). The fraction of sp³-hybridized carbons (Fsp3) is 0.462. The molecule has 4 nitrogen and oxygen atoms in total. The van der Waals surface area contributed by atoms with Crippen LogP contribution in [0.15, 0.2) is 24.3 Å². The number of rotatable bonds is 7. The fourth-order valence-corrected chi connectivity index (χ4v) is 1.42. The van der Waals surface area contributed by atoms with E-state index in [0.29, 0.717) is 25.9 Å². The molecule has 0 saturated heterocycles. The Labute approximate surface area is 115 Å². The molecule has 0 saturated carbocycles. The molecule has 0 heterocycles. The predicted octanol–water partition coefficient (Wildman–Crippen LogP) is 1.98. The van der Waals surface area contributed by atoms with Gasteiger partial charge in [-0.2, -0.15) is 13.2 Å². The van der Waals surface area contributed by atoms with Gasteiger partial charge in [0.2, 0.25) is 5.91 Å². The number of ether oxygens (including phenoxy) is 1. The molecular formula is C13H17F3N2O2. The molecule has 0 aromatic heterocycles. The van der Waals surface area contributed by atoms with E-state index in [2.05, 4.69) is 10.1 Å². The van der Waals surface area contributed by atoms with Crippen LogP contribution in [0, 0.1) is 0 Å². The summed E-state index contributed by atoms with van der Waals surface area (Å²) in [5.41, 5.74) is 6.07. The van der Waals surface area contributed by atoms with Gasteiger partial charge in [-0.15, -0.1) is 0 Å². The summed E-state index contributed by atoms with van der Waals surface area (Å²) < 4.78 is 40.4. The SMILES string of the molecule is NCCCC(=O)NCc1ccc(OCC(F)(F)F)cc1. The number of nitrogens with two attached hydrogens (primary N) is 1. The summed E-state index contributed by atoms with van der Waals surface area (Å²) >= 11 is 0. The molecule has 20 heavy (non-hydrogen) atoms. The molecule has 0 spiro atoms. The lowest BCUT2D eigenvalue weighted by Crippen LogP contribution is -2.23. The van der Waals surface area contributed by atoms with Gasteiger partial charge < -0.3 is 15.8 Å². The normalized spacial score (nSPS) is 11.2. The maximum atomic E-state index is 12.0. The highest BCUT2D eigenvalue weighted by atomic mass is 19.4. The molecule has 0 bridgehead atoms. The quantitative estimate of drug-likeness (QED) is 0.807. The lowest BCUT2D eigenvalue weighted by atomic mass is 10.2. The van der Waals surface area contributed by atoms with Crippen molar-refractivity contribution in [1.82, 2.24) is 5.32 Å². The molecule has 0 aliphatic heterocycles. The van der Waals surface area contributed by atoms with E-state index in [9.17, 15) is 18.0 Å². The van der Waals surface area contributed by atoms with Crippen molar-refractivity contribution in [2.75, 3.05) is 13.2 Å². The van der Waals surface area contributed by atoms with E-state index < -0.39 is 12.8 Å². The molecule has 1 amide bonds. The van der Waals surface area contributed by atoms with Crippen LogP contribution in [0.1, 0.15) is 18.4 Å². The second-order valence-corrected chi connectivity index (χ2v) is 4.22. The van der Waals surface area contributed by atoms with Crippen LogP contribution in [0.5, 0.6) is 5.75 Å². The second kappa shape index (κ2) is 7.74. The highest BCUT2D eigenvalue weighted by Gasteiger charge is 2.28. The minimum absolute atomic E-state index is 0.104. The first kappa shape index (κ1) is 16.3. The van der Waals surface area contributed by atoms with Crippen molar-refractivity contribution in [2.45, 2.75) is 25.6 Å². The average molecular weight is 290 g/mol. The van der Waals surface area contributed by atoms with Crippen molar-refractivity contribution in [2.24, 2.45) is 5.73 Å². The topological polar surface area (TPSA) is 64.4 Å². The van der Waals surface area contributed by atoms with Crippen molar-refractivity contribution < 1.29 is 22.7 Å². The molecule has 112 valence electrons. The van der Waals surface area contributed by atoms with Crippen LogP contribution in [-0.4, -0.2) is 25.2 Å². The second-order valence-electron chi connectivity index (χ2n) is 4.22. The molecule has 7 heteroatoms. The minimum atomic E-state index is -4.35. The van der Waals surface area contributed by atoms with Crippen LogP contribution in [0.3, 0.4) is 0 Å². The molecule has 0 radical (unpaired) electrons. The lowest BCUT2D eigenvalue weighted by Gasteiger charge is -2.10. The van der Waals surface area contributed by atoms with Crippen LogP contribution in [0.25, 0.3) is 0 Å². The number of amides is 1. The largest absolute Gasteiger partial charge is 0.484 e. The lowest BCUT2D eigenvalue weighted by molar-refractivity contribution is -0.153. The molecule has 0 atom stereocenters. The monoisotopic (exact) mass is 290 g/mol. The first-order valence-corrected chi connectivity index (χ1v) is 6.16. The third-order valence-corrected chi connectivity index (χ3v) is 2.42. The van der Waals surface area contributed by atoms with E-state index in [4.69, 9.17) is 5.73 Å². The van der Waals surface area contributed by atoms with Crippen molar-refractivity contribution >= 4 is 5.91 Å². The first-order valence-electron chi connectivity index (χ1n) is 6.16. The van der Waals surface area contributed by atoms with Crippen molar-refractivity contribution in [3.63, 3.8) is 0 Å². The maximum absolute atomic E-state index is 12.0. The first-order chi connectivity index (χ1) is 9.40. The van der Waals surface area contributed by atoms with E-state index in [1.165, 1.54) is 12.1 Å². The Morgan fingerprint density at radius 2 is 1.90 bits per heavy atom. The van der Waals surface area contributed by atoms with Crippen LogP contribution >= 0.6 is 0 Å². The summed E-state index contributed by atoms with van der Waals surface area (Å²) in [6, 6.07) is 6.09. The summed E-state index contributed by atoms with van der Waals surface area (Å²) in [5.74, 6) is 0.0355. The molecule has 0 fully saturated rings. The molecule has 1 aromatic rings. The van der Waals surface area contributed by atoms with Crippen LogP contribution in [0.4, 0.5) is 13.2 Å². The van der Waals surface area contributed by atoms with Crippen molar-refractivity contribution in [3.8, 4) is 5.75 Å². The molecular weight excluding hydrogens is 273 g/mol. The van der Waals surface area contributed by atoms with Gasteiger partial charge in [-0.1, -0.05) is 12.1 Å². The number of hydrogen-bond acceptors (Lipinski definition) is 3. The zero-order chi connectivity index (χ0) is 15.0. The number of hydrogen-bond donors (Lipinski definition) is 2. The van der Waals surface area contributed by atoms with Gasteiger partial charge in [-0.25, -0.2) is 0 Å². The van der Waals surface area contributed by atoms with Gasteiger partial charge in [0.25, 0.3) is 0 Å². The van der Waals surface area contributed by atoms with Crippen LogP contribution in [0.2, 0.25) is 0 Å². The highest BCUT2D eigenvalue weighted by molar-refractivity contribution is 5.75. The molecule has 1 aromatic carbocycles. The van der Waals surface area contributed by atoms with Crippen molar-refractivity contribution in [1.29, 1.82) is 0 Å². The Bertz CT molecular complexity index is 419. The van der Waals surface area contributed by atoms with E-state index in [1.807, 2.05) is 0 Å². The Morgan fingerprint density at radius 3 is 2.45 bits per heavy atom. The van der Waals surface area contributed by atoms with Gasteiger partial charge in [-0.05, 0) is 30.7 Å². The van der Waals surface area contributed by atoms with Gasteiger partial charge in [0.15, 0.2) is 6.61 Å². The molecule has 0 aliphatic rings. The zero-order valence-electron chi connectivity index (χ0n) is 10.9. The van der Waals surface area contributed by atoms with E-state index in [1.54, 1.807) is 12.1 Å². The third kappa shape index (κ3) is 6.98. The molecule has 0 unspecified atom stereocenters. The Balaban J connectivity index is 2.37. The average Bonchev–Trinajstić information content (AvgIpc) is 2.41. The van der Waals surface area contributed by atoms with Gasteiger partial charge in [0, 0.05) is 13.0 Å². The summed E-state index contributed by atoms with van der Waals surface area (Å²) in [6.45, 7) is -0.538. The van der Waals surface area contributed by atoms with Gasteiger partial charge in [0.05, 0.1) is 0 Å². The standard InChI is InChI=1S/C13H17F3N2O2/c14-13(15,16)9-20-11-5-3-10(4-6-11)8-18-12(19)2-1-7-17/h3-6H,1-2,7-9,17H2,(H,18,19). The number of halogens is 3.